The Kier molecular flexibility index (Phi) is 4.08. The maximum Gasteiger partial charge on any atom is 0.345 e. The fourth-order valence-corrected chi connectivity index (χ4v) is 4.70. The molecule has 0 spiro atoms. The molecule has 0 aliphatic rings. The van der Waals surface area contributed by atoms with Crippen LogP contribution in [0.5, 0.6) is 0 Å². The molecule has 2 rings (SSSR count). The van der Waals surface area contributed by atoms with Crippen LogP contribution in [-0.2, 0) is 10.0 Å². The summed E-state index contributed by atoms with van der Waals surface area (Å²) in [6.45, 7) is 0. The predicted molar refractivity (Wildman–Crippen MR) is 75.6 cm³/mol. The van der Waals surface area contributed by atoms with Gasteiger partial charge in [0.1, 0.15) is 10.4 Å². The minimum absolute atomic E-state index is 0.228. The molecule has 1 N–H and O–H groups in total. The molecule has 14 heteroatoms. The molecule has 0 radical (unpaired) electrons. The van der Waals surface area contributed by atoms with Gasteiger partial charge in [0.05, 0.1) is 9.85 Å². The Labute approximate surface area is 129 Å². The highest BCUT2D eigenvalue weighted by Crippen LogP contribution is 2.37. The topological polar surface area (TPSA) is 145 Å². The number of thiazole rings is 1. The van der Waals surface area contributed by atoms with Crippen LogP contribution in [0.3, 0.4) is 0 Å². The Morgan fingerprint density at radius 3 is 2.38 bits per heavy atom. The largest absolute Gasteiger partial charge is 0.345 e. The number of hydrogen-bond acceptors (Lipinski definition) is 9. The van der Waals surface area contributed by atoms with Crippen LogP contribution in [0.25, 0.3) is 0 Å². The quantitative estimate of drug-likeness (QED) is 0.628. The van der Waals surface area contributed by atoms with Gasteiger partial charge in [0.25, 0.3) is 15.7 Å². The van der Waals surface area contributed by atoms with E-state index in [9.17, 15) is 28.6 Å². The van der Waals surface area contributed by atoms with Crippen LogP contribution in [0.2, 0.25) is 4.34 Å². The molecule has 0 saturated carbocycles. The summed E-state index contributed by atoms with van der Waals surface area (Å²) in [6, 6.07) is 0.803. The van der Waals surface area contributed by atoms with Crippen LogP contribution in [0.4, 0.5) is 15.8 Å². The van der Waals surface area contributed by atoms with E-state index in [2.05, 4.69) is 4.98 Å². The van der Waals surface area contributed by atoms with Crippen molar-refractivity contribution in [1.82, 2.24) is 4.98 Å². The zero-order chi connectivity index (χ0) is 15.8. The fraction of sp³-hybridized carbons (Fsp3) is 0. The Morgan fingerprint density at radius 2 is 1.90 bits per heavy atom. The lowest BCUT2D eigenvalue weighted by Gasteiger charge is -2.00. The van der Waals surface area contributed by atoms with E-state index in [0.29, 0.717) is 22.7 Å². The predicted octanol–water partition coefficient (Wildman–Crippen LogP) is 2.48. The Morgan fingerprint density at radius 1 is 1.24 bits per heavy atom. The van der Waals surface area contributed by atoms with Gasteiger partial charge >= 0.3 is 5.00 Å². The molecule has 2 aromatic rings. The second-order valence-electron chi connectivity index (χ2n) is 3.35. The highest BCUT2D eigenvalue weighted by molar-refractivity contribution is 7.95. The summed E-state index contributed by atoms with van der Waals surface area (Å²) in [5, 5.41) is 20.5. The average molecular weight is 371 g/mol. The summed E-state index contributed by atoms with van der Waals surface area (Å²) in [7, 11) is -4.16. The third-order valence-corrected chi connectivity index (χ3v) is 6.15. The third-order valence-electron chi connectivity index (χ3n) is 2.00. The molecule has 112 valence electrons. The molecule has 0 saturated heterocycles. The van der Waals surface area contributed by atoms with Crippen LogP contribution in [-0.4, -0.2) is 23.2 Å². The smallest absolute Gasteiger partial charge is 0.258 e. The summed E-state index contributed by atoms with van der Waals surface area (Å²) in [5.74, 6) is 0. The average Bonchev–Trinajstić information content (AvgIpc) is 2.95. The summed E-state index contributed by atoms with van der Waals surface area (Å²) < 4.78 is 25.3. The van der Waals surface area contributed by atoms with Crippen LogP contribution in [0, 0.1) is 20.2 Å². The van der Waals surface area contributed by atoms with Crippen molar-refractivity contribution in [2.24, 2.45) is 0 Å². The van der Waals surface area contributed by atoms with Crippen LogP contribution in [0.15, 0.2) is 16.5 Å². The number of hydrogen-bond donors (Lipinski definition) is 1. The minimum Gasteiger partial charge on any atom is -0.258 e. The van der Waals surface area contributed by atoms with Crippen LogP contribution >= 0.6 is 34.3 Å². The number of aromatic nitrogens is 1. The molecule has 0 aromatic carbocycles. The Hall–Kier alpha value is -1.83. The number of thiophene rings is 1. The van der Waals surface area contributed by atoms with Gasteiger partial charge < -0.3 is 0 Å². The third kappa shape index (κ3) is 3.26. The number of rotatable bonds is 5. The molecular formula is C7H3ClN4O6S3. The van der Waals surface area contributed by atoms with Crippen LogP contribution in [0.1, 0.15) is 0 Å². The van der Waals surface area contributed by atoms with E-state index >= 15 is 0 Å². The second kappa shape index (κ2) is 5.51. The van der Waals surface area contributed by atoms with E-state index in [0.717, 1.165) is 12.3 Å². The number of nitro groups is 2. The number of halogens is 1. The van der Waals surface area contributed by atoms with Gasteiger partial charge in [0.2, 0.25) is 5.13 Å². The minimum atomic E-state index is -4.16. The molecule has 2 aromatic heterocycles. The fourth-order valence-electron chi connectivity index (χ4n) is 1.16. The molecule has 0 aliphatic carbocycles. The first kappa shape index (κ1) is 15.6. The van der Waals surface area contributed by atoms with Crippen molar-refractivity contribution >= 4 is 60.1 Å². The van der Waals surface area contributed by atoms with E-state index in [1.165, 1.54) is 0 Å². The zero-order valence-corrected chi connectivity index (χ0v) is 12.8. The first-order chi connectivity index (χ1) is 9.70. The van der Waals surface area contributed by atoms with E-state index in [1.54, 1.807) is 0 Å². The van der Waals surface area contributed by atoms with Gasteiger partial charge in [-0.25, -0.2) is 13.4 Å². The molecule has 0 aliphatic heterocycles. The lowest BCUT2D eigenvalue weighted by molar-refractivity contribution is -0.384. The molecule has 0 unspecified atom stereocenters. The Bertz CT molecular complexity index is 827. The van der Waals surface area contributed by atoms with Crippen molar-refractivity contribution in [1.29, 1.82) is 0 Å². The molecule has 0 amide bonds. The normalized spacial score (nSPS) is 11.3. The monoisotopic (exact) mass is 370 g/mol. The van der Waals surface area contributed by atoms with Crippen molar-refractivity contribution in [3.8, 4) is 0 Å². The lowest BCUT2D eigenvalue weighted by Crippen LogP contribution is -2.11. The summed E-state index contributed by atoms with van der Waals surface area (Å²) in [6.07, 6.45) is 0.895. The van der Waals surface area contributed by atoms with Gasteiger partial charge in [-0.1, -0.05) is 11.6 Å². The SMILES string of the molecule is O=[N+]([O-])c1cnc(NS(=O)(=O)c2cc([N+](=O)[O-])c(Cl)s2)s1. The van der Waals surface area contributed by atoms with Gasteiger partial charge in [0, 0.05) is 6.07 Å². The van der Waals surface area contributed by atoms with Gasteiger partial charge in [-0.15, -0.1) is 11.3 Å². The first-order valence-corrected chi connectivity index (χ1v) is 8.27. The van der Waals surface area contributed by atoms with Crippen molar-refractivity contribution in [3.63, 3.8) is 0 Å². The number of sulfonamides is 1. The van der Waals surface area contributed by atoms with Gasteiger partial charge in [-0.2, -0.15) is 0 Å². The van der Waals surface area contributed by atoms with E-state index in [4.69, 9.17) is 11.6 Å². The van der Waals surface area contributed by atoms with Crippen LogP contribution < -0.4 is 4.72 Å². The summed E-state index contributed by atoms with van der Waals surface area (Å²) in [5.41, 5.74) is -0.535. The maximum atomic E-state index is 12.0. The van der Waals surface area contributed by atoms with Gasteiger partial charge in [-0.05, 0) is 11.3 Å². The number of nitrogens with one attached hydrogen (secondary N) is 1. The molecule has 0 fully saturated rings. The highest BCUT2D eigenvalue weighted by Gasteiger charge is 2.26. The van der Waals surface area contributed by atoms with E-state index < -0.39 is 29.8 Å². The number of nitrogens with zero attached hydrogens (tertiary/aromatic N) is 3. The first-order valence-electron chi connectivity index (χ1n) is 4.77. The zero-order valence-electron chi connectivity index (χ0n) is 9.55. The van der Waals surface area contributed by atoms with E-state index in [-0.39, 0.29) is 14.5 Å². The van der Waals surface area contributed by atoms with Crippen molar-refractivity contribution < 1.29 is 18.3 Å². The Balaban J connectivity index is 2.31. The second-order valence-corrected chi connectivity index (χ2v) is 7.92. The standard InChI is InChI=1S/C7H3ClN4O6S3/c8-6-3(11(13)14)1-5(20-6)21(17,18)10-7-9-2-4(19-7)12(15)16/h1-2H,(H,9,10). The molecule has 0 atom stereocenters. The molecule has 21 heavy (non-hydrogen) atoms. The molecule has 0 bridgehead atoms. The molecule has 2 heterocycles. The number of anilines is 1. The summed E-state index contributed by atoms with van der Waals surface area (Å²) in [4.78, 5) is 23.1. The molecule has 10 nitrogen and oxygen atoms in total. The van der Waals surface area contributed by atoms with E-state index in [1.807, 2.05) is 4.72 Å². The molecular weight excluding hydrogens is 368 g/mol. The highest BCUT2D eigenvalue weighted by atomic mass is 35.5. The lowest BCUT2D eigenvalue weighted by atomic mass is 10.6. The van der Waals surface area contributed by atoms with Gasteiger partial charge in [-0.3, -0.25) is 25.0 Å². The van der Waals surface area contributed by atoms with Gasteiger partial charge in [0.15, 0.2) is 4.34 Å². The summed E-state index contributed by atoms with van der Waals surface area (Å²) >= 11 is 6.59. The maximum absolute atomic E-state index is 12.0. The van der Waals surface area contributed by atoms with Crippen molar-refractivity contribution in [2.45, 2.75) is 4.21 Å². The van der Waals surface area contributed by atoms with Crippen molar-refractivity contribution in [3.05, 3.63) is 36.8 Å². The van der Waals surface area contributed by atoms with Crippen molar-refractivity contribution in [2.75, 3.05) is 4.72 Å².